The van der Waals surface area contributed by atoms with Crippen molar-refractivity contribution >= 4 is 11.9 Å². The topological polar surface area (TPSA) is 72.8 Å². The van der Waals surface area contributed by atoms with Crippen molar-refractivity contribution in [3.63, 3.8) is 0 Å². The SMILES string of the molecule is Cc1nc(N(C)C)ncc1C(=O)N1CCC(N2CCC[C@H](O)C2)CC1. The Hall–Kier alpha value is -1.73. The van der Waals surface area contributed by atoms with Gasteiger partial charge in [-0.15, -0.1) is 0 Å². The summed E-state index contributed by atoms with van der Waals surface area (Å²) in [5, 5.41) is 9.87. The van der Waals surface area contributed by atoms with E-state index in [0.717, 1.165) is 57.6 Å². The Morgan fingerprint density at radius 3 is 2.56 bits per heavy atom. The average molecular weight is 347 g/mol. The highest BCUT2D eigenvalue weighted by Gasteiger charge is 2.30. The molecule has 7 nitrogen and oxygen atoms in total. The standard InChI is InChI=1S/C18H29N5O2/c1-13-16(11-19-18(20-13)21(2)3)17(25)22-9-6-14(7-10-22)23-8-4-5-15(24)12-23/h11,14-15,24H,4-10,12H2,1-3H3/t15-/m0/s1. The number of anilines is 1. The molecule has 0 radical (unpaired) electrons. The summed E-state index contributed by atoms with van der Waals surface area (Å²) in [4.78, 5) is 27.7. The van der Waals surface area contributed by atoms with Crippen LogP contribution in [-0.2, 0) is 0 Å². The van der Waals surface area contributed by atoms with Crippen LogP contribution in [0.5, 0.6) is 0 Å². The lowest BCUT2D eigenvalue weighted by molar-refractivity contribution is 0.0240. The molecule has 1 aromatic rings. The van der Waals surface area contributed by atoms with Crippen molar-refractivity contribution in [3.05, 3.63) is 17.5 Å². The fourth-order valence-electron chi connectivity index (χ4n) is 3.80. The largest absolute Gasteiger partial charge is 0.392 e. The molecule has 2 fully saturated rings. The Kier molecular flexibility index (Phi) is 5.54. The summed E-state index contributed by atoms with van der Waals surface area (Å²) in [6.45, 7) is 5.21. The molecule has 0 aliphatic carbocycles. The molecule has 25 heavy (non-hydrogen) atoms. The van der Waals surface area contributed by atoms with E-state index in [0.29, 0.717) is 17.6 Å². The number of rotatable bonds is 3. The molecule has 7 heteroatoms. The number of aliphatic hydroxyl groups excluding tert-OH is 1. The van der Waals surface area contributed by atoms with Crippen molar-refractivity contribution in [3.8, 4) is 0 Å². The second kappa shape index (κ2) is 7.66. The molecule has 2 saturated heterocycles. The summed E-state index contributed by atoms with van der Waals surface area (Å²) in [5.74, 6) is 0.649. The molecular weight excluding hydrogens is 318 g/mol. The van der Waals surface area contributed by atoms with Crippen LogP contribution in [0.4, 0.5) is 5.95 Å². The highest BCUT2D eigenvalue weighted by atomic mass is 16.3. The summed E-state index contributed by atoms with van der Waals surface area (Å²) in [6, 6.07) is 0.479. The van der Waals surface area contributed by atoms with E-state index in [4.69, 9.17) is 0 Å². The van der Waals surface area contributed by atoms with Gasteiger partial charge in [-0.2, -0.15) is 0 Å². The van der Waals surface area contributed by atoms with Crippen LogP contribution in [0.3, 0.4) is 0 Å². The minimum atomic E-state index is -0.191. The zero-order valence-corrected chi connectivity index (χ0v) is 15.5. The summed E-state index contributed by atoms with van der Waals surface area (Å²) in [5.41, 5.74) is 1.32. The monoisotopic (exact) mass is 347 g/mol. The van der Waals surface area contributed by atoms with Crippen LogP contribution in [0.15, 0.2) is 6.20 Å². The van der Waals surface area contributed by atoms with Crippen LogP contribution in [0.1, 0.15) is 41.7 Å². The van der Waals surface area contributed by atoms with Gasteiger partial charge in [-0.05, 0) is 39.2 Å². The normalized spacial score (nSPS) is 22.9. The zero-order chi connectivity index (χ0) is 18.0. The van der Waals surface area contributed by atoms with Crippen LogP contribution in [0.2, 0.25) is 0 Å². The Bertz CT molecular complexity index is 613. The molecule has 1 N–H and O–H groups in total. The van der Waals surface area contributed by atoms with Gasteiger partial charge in [0, 0.05) is 46.0 Å². The van der Waals surface area contributed by atoms with Gasteiger partial charge >= 0.3 is 0 Å². The molecule has 1 aromatic heterocycles. The number of aliphatic hydroxyl groups is 1. The van der Waals surface area contributed by atoms with E-state index in [2.05, 4.69) is 14.9 Å². The first kappa shape index (κ1) is 18.1. The van der Waals surface area contributed by atoms with Gasteiger partial charge < -0.3 is 14.9 Å². The number of carbonyl (C=O) groups is 1. The number of carbonyl (C=O) groups excluding carboxylic acids is 1. The predicted molar refractivity (Wildman–Crippen MR) is 96.8 cm³/mol. The lowest BCUT2D eigenvalue weighted by atomic mass is 9.98. The van der Waals surface area contributed by atoms with Crippen LogP contribution < -0.4 is 4.90 Å². The molecule has 0 saturated carbocycles. The van der Waals surface area contributed by atoms with Gasteiger partial charge in [0.25, 0.3) is 5.91 Å². The summed E-state index contributed by atoms with van der Waals surface area (Å²) >= 11 is 0. The number of aromatic nitrogens is 2. The Labute approximate surface area is 149 Å². The van der Waals surface area contributed by atoms with Crippen molar-refractivity contribution in [1.82, 2.24) is 19.8 Å². The second-order valence-electron chi connectivity index (χ2n) is 7.38. The van der Waals surface area contributed by atoms with Gasteiger partial charge in [0.1, 0.15) is 0 Å². The molecule has 1 atom stereocenters. The smallest absolute Gasteiger partial charge is 0.257 e. The minimum Gasteiger partial charge on any atom is -0.392 e. The molecule has 2 aliphatic heterocycles. The number of nitrogens with zero attached hydrogens (tertiary/aromatic N) is 5. The van der Waals surface area contributed by atoms with E-state index < -0.39 is 0 Å². The molecule has 0 aromatic carbocycles. The maximum absolute atomic E-state index is 12.8. The maximum Gasteiger partial charge on any atom is 0.257 e. The highest BCUT2D eigenvalue weighted by molar-refractivity contribution is 5.95. The highest BCUT2D eigenvalue weighted by Crippen LogP contribution is 2.22. The zero-order valence-electron chi connectivity index (χ0n) is 15.5. The van der Waals surface area contributed by atoms with Gasteiger partial charge in [0.05, 0.1) is 17.4 Å². The number of hydrogen-bond donors (Lipinski definition) is 1. The first-order valence-electron chi connectivity index (χ1n) is 9.18. The van der Waals surface area contributed by atoms with E-state index in [1.807, 2.05) is 30.8 Å². The number of aryl methyl sites for hydroxylation is 1. The number of likely N-dealkylation sites (tertiary alicyclic amines) is 2. The first-order chi connectivity index (χ1) is 12.0. The molecule has 138 valence electrons. The van der Waals surface area contributed by atoms with Gasteiger partial charge in [0.15, 0.2) is 0 Å². The minimum absolute atomic E-state index is 0.0277. The number of piperidine rings is 2. The lowest BCUT2D eigenvalue weighted by Crippen LogP contribution is -2.50. The second-order valence-corrected chi connectivity index (χ2v) is 7.38. The number of amides is 1. The van der Waals surface area contributed by atoms with Crippen molar-refractivity contribution in [2.45, 2.75) is 44.8 Å². The molecule has 0 unspecified atom stereocenters. The van der Waals surface area contributed by atoms with Crippen molar-refractivity contribution in [1.29, 1.82) is 0 Å². The summed E-state index contributed by atoms with van der Waals surface area (Å²) < 4.78 is 0. The lowest BCUT2D eigenvalue weighted by Gasteiger charge is -2.41. The van der Waals surface area contributed by atoms with Crippen LogP contribution >= 0.6 is 0 Å². The van der Waals surface area contributed by atoms with E-state index in [-0.39, 0.29) is 12.0 Å². The van der Waals surface area contributed by atoms with Gasteiger partial charge in [-0.25, -0.2) is 9.97 Å². The molecule has 3 heterocycles. The van der Waals surface area contributed by atoms with Gasteiger partial charge in [-0.3, -0.25) is 9.69 Å². The molecular formula is C18H29N5O2. The average Bonchev–Trinajstić information content (AvgIpc) is 2.61. The Morgan fingerprint density at radius 2 is 1.96 bits per heavy atom. The quantitative estimate of drug-likeness (QED) is 0.876. The molecule has 0 spiro atoms. The van der Waals surface area contributed by atoms with E-state index in [1.54, 1.807) is 6.20 Å². The van der Waals surface area contributed by atoms with Crippen molar-refractivity contribution in [2.75, 3.05) is 45.2 Å². The van der Waals surface area contributed by atoms with Gasteiger partial charge in [-0.1, -0.05) is 0 Å². The Morgan fingerprint density at radius 1 is 1.24 bits per heavy atom. The van der Waals surface area contributed by atoms with Crippen LogP contribution in [0, 0.1) is 6.92 Å². The molecule has 3 rings (SSSR count). The number of hydrogen-bond acceptors (Lipinski definition) is 6. The first-order valence-corrected chi connectivity index (χ1v) is 9.18. The third kappa shape index (κ3) is 4.10. The van der Waals surface area contributed by atoms with Crippen molar-refractivity contribution in [2.24, 2.45) is 0 Å². The predicted octanol–water partition coefficient (Wildman–Crippen LogP) is 0.912. The summed E-state index contributed by atoms with van der Waals surface area (Å²) in [7, 11) is 3.77. The Balaban J connectivity index is 1.60. The fourth-order valence-corrected chi connectivity index (χ4v) is 3.80. The van der Waals surface area contributed by atoms with Crippen LogP contribution in [-0.4, -0.2) is 83.2 Å². The fraction of sp³-hybridized carbons (Fsp3) is 0.722. The molecule has 1 amide bonds. The third-order valence-corrected chi connectivity index (χ3v) is 5.29. The molecule has 2 aliphatic rings. The maximum atomic E-state index is 12.8. The van der Waals surface area contributed by atoms with Gasteiger partial charge in [0.2, 0.25) is 5.95 Å². The third-order valence-electron chi connectivity index (χ3n) is 5.29. The van der Waals surface area contributed by atoms with E-state index >= 15 is 0 Å². The van der Waals surface area contributed by atoms with E-state index in [1.165, 1.54) is 0 Å². The summed E-state index contributed by atoms with van der Waals surface area (Å²) in [6.07, 6.45) is 5.36. The van der Waals surface area contributed by atoms with E-state index in [9.17, 15) is 9.90 Å². The van der Waals surface area contributed by atoms with Crippen LogP contribution in [0.25, 0.3) is 0 Å². The number of β-amino-alcohol motifs (C(OH)–C–C–N with tert-alkyl or cyclic N) is 1. The molecule has 0 bridgehead atoms. The van der Waals surface area contributed by atoms with Crippen molar-refractivity contribution < 1.29 is 9.90 Å².